The monoisotopic (exact) mass is 390 g/mol. The van der Waals surface area contributed by atoms with E-state index < -0.39 is 0 Å². The molecule has 1 aromatic carbocycles. The van der Waals surface area contributed by atoms with E-state index in [9.17, 15) is 9.90 Å². The molecule has 6 heteroatoms. The fraction of sp³-hybridized carbons (Fsp3) is 0.682. The normalized spacial score (nSPS) is 21.9. The third-order valence-electron chi connectivity index (χ3n) is 5.86. The van der Waals surface area contributed by atoms with Gasteiger partial charge in [0.05, 0.1) is 18.3 Å². The van der Waals surface area contributed by atoms with Crippen LogP contribution in [-0.2, 0) is 16.1 Å². The Hall–Kier alpha value is -1.79. The number of carbonyl (C=O) groups is 1. The lowest BCUT2D eigenvalue weighted by molar-refractivity contribution is -0.125. The predicted octanol–water partition coefficient (Wildman–Crippen LogP) is 3.08. The lowest BCUT2D eigenvalue weighted by atomic mass is 9.88. The molecular weight excluding hydrogens is 356 g/mol. The van der Waals surface area contributed by atoms with Gasteiger partial charge >= 0.3 is 0 Å². The number of carbonyl (C=O) groups excluding carboxylic acids is 1. The average Bonchev–Trinajstić information content (AvgIpc) is 3.07. The number of hydrogen-bond donors (Lipinski definition) is 2. The number of likely N-dealkylation sites (tertiary alicyclic amines) is 1. The van der Waals surface area contributed by atoms with Crippen LogP contribution in [0.4, 0.5) is 0 Å². The second-order valence-corrected chi connectivity index (χ2v) is 8.37. The van der Waals surface area contributed by atoms with Gasteiger partial charge in [-0.05, 0) is 50.3 Å². The van der Waals surface area contributed by atoms with Crippen molar-refractivity contribution in [3.8, 4) is 11.5 Å². The standard InChI is InChI=1S/C22H34N2O4/c1-4-27-20-13-17(5-6-19(20)25)15-24-11-9-22(10-12-24)8-7-18(28-22)14-23-21(26)16(2)3/h5-6,13,16,18,25H,4,7-12,14-15H2,1-3H3,(H,23,26). The predicted molar refractivity (Wildman–Crippen MR) is 108 cm³/mol. The molecule has 2 heterocycles. The molecule has 0 aliphatic carbocycles. The smallest absolute Gasteiger partial charge is 0.222 e. The summed E-state index contributed by atoms with van der Waals surface area (Å²) in [6, 6.07) is 5.60. The summed E-state index contributed by atoms with van der Waals surface area (Å²) < 4.78 is 11.9. The summed E-state index contributed by atoms with van der Waals surface area (Å²) in [6.07, 6.45) is 4.29. The van der Waals surface area contributed by atoms with Gasteiger partial charge in [-0.1, -0.05) is 19.9 Å². The van der Waals surface area contributed by atoms with Crippen molar-refractivity contribution in [3.05, 3.63) is 23.8 Å². The van der Waals surface area contributed by atoms with Crippen molar-refractivity contribution in [1.82, 2.24) is 10.2 Å². The van der Waals surface area contributed by atoms with Gasteiger partial charge in [-0.25, -0.2) is 0 Å². The summed E-state index contributed by atoms with van der Waals surface area (Å²) in [5.41, 5.74) is 1.13. The van der Waals surface area contributed by atoms with Gasteiger partial charge in [0.15, 0.2) is 11.5 Å². The van der Waals surface area contributed by atoms with E-state index in [1.165, 1.54) is 0 Å². The van der Waals surface area contributed by atoms with Crippen LogP contribution in [0.1, 0.15) is 52.0 Å². The number of ether oxygens (including phenoxy) is 2. The molecular formula is C22H34N2O4. The van der Waals surface area contributed by atoms with Gasteiger partial charge in [0.2, 0.25) is 5.91 Å². The number of piperidine rings is 1. The second-order valence-electron chi connectivity index (χ2n) is 8.37. The van der Waals surface area contributed by atoms with E-state index in [0.717, 1.165) is 50.9 Å². The maximum atomic E-state index is 11.8. The molecule has 2 saturated heterocycles. The van der Waals surface area contributed by atoms with Crippen LogP contribution in [0.25, 0.3) is 0 Å². The summed E-state index contributed by atoms with van der Waals surface area (Å²) in [4.78, 5) is 14.2. The average molecular weight is 391 g/mol. The molecule has 1 aromatic rings. The van der Waals surface area contributed by atoms with E-state index in [1.54, 1.807) is 6.07 Å². The number of nitrogens with zero attached hydrogens (tertiary/aromatic N) is 1. The highest BCUT2D eigenvalue weighted by molar-refractivity contribution is 5.77. The minimum absolute atomic E-state index is 0.0155. The zero-order chi connectivity index (χ0) is 20.1. The van der Waals surface area contributed by atoms with Crippen molar-refractivity contribution in [2.75, 3.05) is 26.2 Å². The van der Waals surface area contributed by atoms with E-state index >= 15 is 0 Å². The Morgan fingerprint density at radius 2 is 2.11 bits per heavy atom. The van der Waals surface area contributed by atoms with E-state index in [0.29, 0.717) is 18.9 Å². The minimum Gasteiger partial charge on any atom is -0.504 e. The number of nitrogens with one attached hydrogen (secondary N) is 1. The molecule has 2 aliphatic rings. The van der Waals surface area contributed by atoms with Crippen LogP contribution < -0.4 is 10.1 Å². The zero-order valence-corrected chi connectivity index (χ0v) is 17.4. The van der Waals surface area contributed by atoms with Crippen LogP contribution in [0.2, 0.25) is 0 Å². The molecule has 0 radical (unpaired) electrons. The summed E-state index contributed by atoms with van der Waals surface area (Å²) in [5.74, 6) is 0.860. The molecule has 2 fully saturated rings. The molecule has 3 rings (SSSR count). The van der Waals surface area contributed by atoms with Crippen molar-refractivity contribution >= 4 is 5.91 Å². The first-order chi connectivity index (χ1) is 13.4. The van der Waals surface area contributed by atoms with Crippen LogP contribution in [0.5, 0.6) is 11.5 Å². The fourth-order valence-electron chi connectivity index (χ4n) is 4.13. The van der Waals surface area contributed by atoms with Crippen molar-refractivity contribution in [1.29, 1.82) is 0 Å². The first kappa shape index (κ1) is 20.9. The van der Waals surface area contributed by atoms with Gasteiger partial charge in [0, 0.05) is 32.1 Å². The number of phenolic OH excluding ortho intramolecular Hbond substituents is 1. The Morgan fingerprint density at radius 3 is 2.79 bits per heavy atom. The SMILES string of the molecule is CCOc1cc(CN2CCC3(CCC(CNC(=O)C(C)C)O3)CC2)ccc1O. The summed E-state index contributed by atoms with van der Waals surface area (Å²) in [7, 11) is 0. The Kier molecular flexibility index (Phi) is 6.83. The summed E-state index contributed by atoms with van der Waals surface area (Å²) in [5, 5.41) is 12.9. The van der Waals surface area contributed by atoms with E-state index in [1.807, 2.05) is 32.9 Å². The third-order valence-corrected chi connectivity index (χ3v) is 5.86. The van der Waals surface area contributed by atoms with Crippen molar-refractivity contribution in [2.24, 2.45) is 5.92 Å². The molecule has 156 valence electrons. The van der Waals surface area contributed by atoms with Gasteiger partial charge in [-0.3, -0.25) is 9.69 Å². The van der Waals surface area contributed by atoms with Gasteiger partial charge in [-0.15, -0.1) is 0 Å². The molecule has 2 aliphatic heterocycles. The Labute approximate surface area is 168 Å². The molecule has 0 aromatic heterocycles. The highest BCUT2D eigenvalue weighted by atomic mass is 16.5. The summed E-state index contributed by atoms with van der Waals surface area (Å²) >= 11 is 0. The van der Waals surface area contributed by atoms with E-state index in [4.69, 9.17) is 9.47 Å². The highest BCUT2D eigenvalue weighted by Crippen LogP contribution is 2.39. The molecule has 2 N–H and O–H groups in total. The van der Waals surface area contributed by atoms with E-state index in [-0.39, 0.29) is 29.3 Å². The quantitative estimate of drug-likeness (QED) is 0.749. The van der Waals surface area contributed by atoms with Crippen LogP contribution in [0, 0.1) is 5.92 Å². The van der Waals surface area contributed by atoms with Crippen LogP contribution in [-0.4, -0.2) is 53.9 Å². The Bertz CT molecular complexity index is 669. The van der Waals surface area contributed by atoms with Crippen LogP contribution >= 0.6 is 0 Å². The van der Waals surface area contributed by atoms with Crippen molar-refractivity contribution in [2.45, 2.75) is 64.7 Å². The number of benzene rings is 1. The maximum Gasteiger partial charge on any atom is 0.222 e. The molecule has 1 atom stereocenters. The summed E-state index contributed by atoms with van der Waals surface area (Å²) in [6.45, 7) is 9.74. The number of rotatable bonds is 7. The van der Waals surface area contributed by atoms with Gasteiger partial charge in [0.25, 0.3) is 0 Å². The number of phenols is 1. The van der Waals surface area contributed by atoms with Gasteiger partial charge in [-0.2, -0.15) is 0 Å². The van der Waals surface area contributed by atoms with Crippen molar-refractivity contribution in [3.63, 3.8) is 0 Å². The molecule has 0 bridgehead atoms. The zero-order valence-electron chi connectivity index (χ0n) is 17.4. The number of aromatic hydroxyl groups is 1. The van der Waals surface area contributed by atoms with E-state index in [2.05, 4.69) is 10.2 Å². The van der Waals surface area contributed by atoms with Crippen LogP contribution in [0.3, 0.4) is 0 Å². The van der Waals surface area contributed by atoms with Crippen LogP contribution in [0.15, 0.2) is 18.2 Å². The molecule has 1 amide bonds. The largest absolute Gasteiger partial charge is 0.504 e. The van der Waals surface area contributed by atoms with Gasteiger partial charge < -0.3 is 19.9 Å². The molecule has 1 unspecified atom stereocenters. The second kappa shape index (κ2) is 9.14. The number of hydrogen-bond acceptors (Lipinski definition) is 5. The molecule has 0 saturated carbocycles. The lowest BCUT2D eigenvalue weighted by Gasteiger charge is -2.39. The van der Waals surface area contributed by atoms with Gasteiger partial charge in [0.1, 0.15) is 0 Å². The first-order valence-corrected chi connectivity index (χ1v) is 10.5. The molecule has 28 heavy (non-hydrogen) atoms. The maximum absolute atomic E-state index is 11.8. The molecule has 1 spiro atoms. The molecule has 6 nitrogen and oxygen atoms in total. The minimum atomic E-state index is -0.0187. The third kappa shape index (κ3) is 5.17. The highest BCUT2D eigenvalue weighted by Gasteiger charge is 2.42. The fourth-order valence-corrected chi connectivity index (χ4v) is 4.13. The Balaban J connectivity index is 1.47. The Morgan fingerprint density at radius 1 is 1.36 bits per heavy atom. The first-order valence-electron chi connectivity index (χ1n) is 10.5. The topological polar surface area (TPSA) is 71.0 Å². The lowest BCUT2D eigenvalue weighted by Crippen LogP contribution is -2.45. The number of amides is 1. The van der Waals surface area contributed by atoms with Crippen molar-refractivity contribution < 1.29 is 19.4 Å².